The fraction of sp³-hybridized carbons (Fsp3) is 0.333. The molecule has 3 heterocycles. The van der Waals surface area contributed by atoms with Crippen molar-refractivity contribution in [2.45, 2.75) is 26.0 Å². The Balaban J connectivity index is 1.67. The van der Waals surface area contributed by atoms with Crippen LogP contribution in [-0.2, 0) is 16.9 Å². The van der Waals surface area contributed by atoms with Gasteiger partial charge in [-0.25, -0.2) is 13.8 Å². The molecule has 1 amide bonds. The van der Waals surface area contributed by atoms with Gasteiger partial charge in [0.05, 0.1) is 35.6 Å². The van der Waals surface area contributed by atoms with Gasteiger partial charge in [0.25, 0.3) is 5.91 Å². The number of nitrogens with zero attached hydrogens (tertiary/aromatic N) is 2. The number of morpholine rings is 1. The molecule has 0 aliphatic carbocycles. The van der Waals surface area contributed by atoms with Gasteiger partial charge in [-0.3, -0.25) is 20.5 Å². The van der Waals surface area contributed by atoms with E-state index in [-0.39, 0.29) is 28.4 Å². The number of aliphatic hydroxyl groups is 1. The second-order valence-corrected chi connectivity index (χ2v) is 9.37. The molecule has 3 N–H and O–H groups in total. The number of benzene rings is 1. The number of rotatable bonds is 7. The summed E-state index contributed by atoms with van der Waals surface area (Å²) in [5.41, 5.74) is 5.18. The fourth-order valence-electron chi connectivity index (χ4n) is 3.65. The third-order valence-electron chi connectivity index (χ3n) is 5.49. The van der Waals surface area contributed by atoms with Crippen molar-refractivity contribution in [3.8, 4) is 11.1 Å². The topological polar surface area (TPSA) is 86.7 Å². The highest BCUT2D eigenvalue weighted by Crippen LogP contribution is 2.32. The molecule has 0 spiro atoms. The third kappa shape index (κ3) is 5.76. The Kier molecular flexibility index (Phi) is 7.22. The lowest BCUT2D eigenvalue weighted by Crippen LogP contribution is -2.36. The largest absolute Gasteiger partial charge is 0.386 e. The zero-order valence-electron chi connectivity index (χ0n) is 18.9. The first-order chi connectivity index (χ1) is 16.2. The molecule has 10 heteroatoms. The van der Waals surface area contributed by atoms with E-state index < -0.39 is 17.2 Å². The van der Waals surface area contributed by atoms with Crippen LogP contribution in [0.3, 0.4) is 0 Å². The van der Waals surface area contributed by atoms with E-state index in [2.05, 4.69) is 20.7 Å². The molecule has 0 saturated carbocycles. The summed E-state index contributed by atoms with van der Waals surface area (Å²) in [6.45, 7) is 6.01. The summed E-state index contributed by atoms with van der Waals surface area (Å²) in [6, 6.07) is 7.05. The Morgan fingerprint density at radius 1 is 1.21 bits per heavy atom. The number of hydrazine groups is 1. The standard InChI is InChI=1S/C24H26F2N4O3S/c1-24(2,32)17-11-19(25)22(20(26)12-17)16-9-18(13-30-4-6-33-7-5-30)27-21(10-16)28-29-23(31)15-3-8-34-14-15/h3,8-12,14,32H,4-7,13H2,1-2H3,(H,27,28)(H,29,31). The van der Waals surface area contributed by atoms with Crippen molar-refractivity contribution >= 4 is 23.1 Å². The molecule has 0 atom stereocenters. The van der Waals surface area contributed by atoms with E-state index in [0.717, 1.165) is 12.1 Å². The zero-order chi connectivity index (χ0) is 24.3. The number of hydrogen-bond acceptors (Lipinski definition) is 7. The van der Waals surface area contributed by atoms with Gasteiger partial charge in [0.15, 0.2) is 0 Å². The van der Waals surface area contributed by atoms with Gasteiger partial charge >= 0.3 is 0 Å². The highest BCUT2D eigenvalue weighted by atomic mass is 32.1. The third-order valence-corrected chi connectivity index (χ3v) is 6.18. The highest BCUT2D eigenvalue weighted by Gasteiger charge is 2.23. The van der Waals surface area contributed by atoms with Crippen LogP contribution < -0.4 is 10.9 Å². The molecule has 1 saturated heterocycles. The van der Waals surface area contributed by atoms with Crippen molar-refractivity contribution in [1.29, 1.82) is 0 Å². The number of ether oxygens (including phenoxy) is 1. The summed E-state index contributed by atoms with van der Waals surface area (Å²) in [4.78, 5) is 19.0. The van der Waals surface area contributed by atoms with Crippen LogP contribution in [0.5, 0.6) is 0 Å². The average Bonchev–Trinajstić information content (AvgIpc) is 3.32. The molecule has 1 fully saturated rings. The lowest BCUT2D eigenvalue weighted by atomic mass is 9.94. The smallest absolute Gasteiger partial charge is 0.270 e. The molecule has 0 bridgehead atoms. The van der Waals surface area contributed by atoms with Gasteiger partial charge < -0.3 is 9.84 Å². The second kappa shape index (κ2) is 10.1. The fourth-order valence-corrected chi connectivity index (χ4v) is 4.29. The molecule has 0 unspecified atom stereocenters. The first-order valence-electron chi connectivity index (χ1n) is 10.8. The van der Waals surface area contributed by atoms with Crippen LogP contribution in [0.25, 0.3) is 11.1 Å². The normalized spacial score (nSPS) is 14.7. The zero-order valence-corrected chi connectivity index (χ0v) is 19.7. The van der Waals surface area contributed by atoms with Crippen molar-refractivity contribution in [1.82, 2.24) is 15.3 Å². The number of nitrogens with one attached hydrogen (secondary N) is 2. The number of anilines is 1. The van der Waals surface area contributed by atoms with E-state index in [4.69, 9.17) is 4.74 Å². The highest BCUT2D eigenvalue weighted by molar-refractivity contribution is 7.08. The molecule has 7 nitrogen and oxygen atoms in total. The van der Waals surface area contributed by atoms with E-state index in [0.29, 0.717) is 44.1 Å². The number of hydrogen-bond donors (Lipinski definition) is 3. The average molecular weight is 489 g/mol. The van der Waals surface area contributed by atoms with Crippen molar-refractivity contribution < 1.29 is 23.4 Å². The summed E-state index contributed by atoms with van der Waals surface area (Å²) < 4.78 is 35.5. The van der Waals surface area contributed by atoms with Crippen molar-refractivity contribution in [3.63, 3.8) is 0 Å². The summed E-state index contributed by atoms with van der Waals surface area (Å²) in [7, 11) is 0. The predicted octanol–water partition coefficient (Wildman–Crippen LogP) is 3.90. The SMILES string of the molecule is CC(C)(O)c1cc(F)c(-c2cc(CN3CCOCC3)nc(NNC(=O)c3ccsc3)c2)c(F)c1. The number of carbonyl (C=O) groups is 1. The van der Waals surface area contributed by atoms with Crippen molar-refractivity contribution in [2.24, 2.45) is 0 Å². The maximum atomic E-state index is 15.1. The second-order valence-electron chi connectivity index (χ2n) is 8.59. The van der Waals surface area contributed by atoms with Gasteiger partial charge in [0.1, 0.15) is 17.5 Å². The number of aromatic nitrogens is 1. The first-order valence-corrected chi connectivity index (χ1v) is 11.8. The Morgan fingerprint density at radius 2 is 1.91 bits per heavy atom. The summed E-state index contributed by atoms with van der Waals surface area (Å²) in [6.07, 6.45) is 0. The number of thiophene rings is 1. The summed E-state index contributed by atoms with van der Waals surface area (Å²) in [5, 5.41) is 13.7. The van der Waals surface area contributed by atoms with Crippen LogP contribution in [-0.4, -0.2) is 47.2 Å². The van der Waals surface area contributed by atoms with Crippen molar-refractivity contribution in [2.75, 3.05) is 31.7 Å². The van der Waals surface area contributed by atoms with Crippen molar-refractivity contribution in [3.05, 3.63) is 69.5 Å². The van der Waals surface area contributed by atoms with E-state index in [9.17, 15) is 9.90 Å². The summed E-state index contributed by atoms with van der Waals surface area (Å²) >= 11 is 1.40. The van der Waals surface area contributed by atoms with E-state index in [1.165, 1.54) is 31.3 Å². The number of pyridine rings is 1. The molecule has 3 aromatic rings. The molecule has 1 aliphatic rings. The van der Waals surface area contributed by atoms with Crippen LogP contribution in [0.2, 0.25) is 0 Å². The Labute approximate surface area is 200 Å². The lowest BCUT2D eigenvalue weighted by Gasteiger charge is -2.26. The Bertz CT molecular complexity index is 1140. The number of halogens is 2. The molecule has 1 aliphatic heterocycles. The van der Waals surface area contributed by atoms with Gasteiger partial charge in [-0.05, 0) is 60.7 Å². The van der Waals surface area contributed by atoms with Crippen LogP contribution in [0.15, 0.2) is 41.1 Å². The monoisotopic (exact) mass is 488 g/mol. The van der Waals surface area contributed by atoms with Crippen LogP contribution >= 0.6 is 11.3 Å². The Morgan fingerprint density at radius 3 is 2.53 bits per heavy atom. The Hall–Kier alpha value is -2.92. The van der Waals surface area contributed by atoms with Gasteiger partial charge in [-0.2, -0.15) is 11.3 Å². The predicted molar refractivity (Wildman–Crippen MR) is 126 cm³/mol. The van der Waals surface area contributed by atoms with Gasteiger partial charge in [0, 0.05) is 25.0 Å². The first kappa shape index (κ1) is 24.2. The molecule has 1 aromatic carbocycles. The maximum absolute atomic E-state index is 15.1. The molecule has 34 heavy (non-hydrogen) atoms. The maximum Gasteiger partial charge on any atom is 0.270 e. The van der Waals surface area contributed by atoms with Crippen LogP contribution in [0.1, 0.15) is 35.5 Å². The van der Waals surface area contributed by atoms with Gasteiger partial charge in [-0.15, -0.1) is 0 Å². The molecular formula is C24H26F2N4O3S. The molecule has 2 aromatic heterocycles. The number of amides is 1. The molecule has 4 rings (SSSR count). The number of carbonyl (C=O) groups excluding carboxylic acids is 1. The minimum absolute atomic E-state index is 0.134. The minimum Gasteiger partial charge on any atom is -0.386 e. The minimum atomic E-state index is -1.39. The summed E-state index contributed by atoms with van der Waals surface area (Å²) in [5.74, 6) is -1.70. The van der Waals surface area contributed by atoms with Gasteiger partial charge in [0.2, 0.25) is 0 Å². The van der Waals surface area contributed by atoms with E-state index in [1.807, 2.05) is 0 Å². The van der Waals surface area contributed by atoms with Crippen LogP contribution in [0.4, 0.5) is 14.6 Å². The molecule has 0 radical (unpaired) electrons. The van der Waals surface area contributed by atoms with E-state index in [1.54, 1.807) is 22.9 Å². The molecular weight excluding hydrogens is 462 g/mol. The lowest BCUT2D eigenvalue weighted by molar-refractivity contribution is 0.0337. The van der Waals surface area contributed by atoms with Crippen LogP contribution in [0, 0.1) is 11.6 Å². The van der Waals surface area contributed by atoms with Gasteiger partial charge in [-0.1, -0.05) is 0 Å². The molecule has 180 valence electrons. The van der Waals surface area contributed by atoms with E-state index >= 15 is 8.78 Å². The quantitative estimate of drug-likeness (QED) is 0.438.